The molecule has 1 aromatic rings. The normalized spacial score (nSPS) is 8.86. The number of nitro benzene ring substituents is 1. The second kappa shape index (κ2) is 5.67. The highest BCUT2D eigenvalue weighted by Crippen LogP contribution is 2.35. The van der Waals surface area contributed by atoms with Gasteiger partial charge >= 0.3 is 0 Å². The van der Waals surface area contributed by atoms with Gasteiger partial charge in [0.25, 0.3) is 5.69 Å². The zero-order valence-electron chi connectivity index (χ0n) is 7.62. The highest BCUT2D eigenvalue weighted by Gasteiger charge is 2.12. The molecule has 78 valence electrons. The summed E-state index contributed by atoms with van der Waals surface area (Å²) in [6, 6.07) is 2.06. The van der Waals surface area contributed by atoms with Crippen molar-refractivity contribution in [3.63, 3.8) is 0 Å². The van der Waals surface area contributed by atoms with Crippen LogP contribution in [0.3, 0.4) is 0 Å². The number of hydrogen-bond acceptors (Lipinski definition) is 3. The van der Waals surface area contributed by atoms with Crippen LogP contribution in [0.5, 0.6) is 5.75 Å². The molecule has 1 aromatic carbocycles. The van der Waals surface area contributed by atoms with E-state index < -0.39 is 4.92 Å². The largest absolute Gasteiger partial charge is 0.505 e. The number of aromatic hydroxyl groups is 1. The Morgan fingerprint density at radius 3 is 1.93 bits per heavy atom. The van der Waals surface area contributed by atoms with Crippen LogP contribution in [0.25, 0.3) is 0 Å². The quantitative estimate of drug-likeness (QED) is 0.600. The number of phenols is 1. The summed E-state index contributed by atoms with van der Waals surface area (Å²) in [7, 11) is 0. The van der Waals surface area contributed by atoms with E-state index in [9.17, 15) is 10.1 Å². The fourth-order valence-electron chi connectivity index (χ4n) is 0.658. The van der Waals surface area contributed by atoms with Gasteiger partial charge in [0.1, 0.15) is 0 Å². The van der Waals surface area contributed by atoms with Gasteiger partial charge in [-0.3, -0.25) is 10.1 Å². The topological polar surface area (TPSA) is 63.4 Å². The summed E-state index contributed by atoms with van der Waals surface area (Å²) < 4.78 is 0. The van der Waals surface area contributed by atoms with Crippen molar-refractivity contribution in [3.05, 3.63) is 32.3 Å². The molecule has 0 radical (unpaired) electrons. The van der Waals surface area contributed by atoms with E-state index in [2.05, 4.69) is 0 Å². The summed E-state index contributed by atoms with van der Waals surface area (Å²) in [6.07, 6.45) is 0. The van der Waals surface area contributed by atoms with Crippen LogP contribution in [0.4, 0.5) is 5.69 Å². The molecule has 1 rings (SSSR count). The first-order valence-electron chi connectivity index (χ1n) is 3.85. The molecule has 0 aromatic heterocycles. The number of rotatable bonds is 1. The molecule has 0 fully saturated rings. The van der Waals surface area contributed by atoms with Gasteiger partial charge in [-0.25, -0.2) is 0 Å². The number of benzene rings is 1. The van der Waals surface area contributed by atoms with Crippen molar-refractivity contribution in [1.29, 1.82) is 0 Å². The molecule has 6 heteroatoms. The van der Waals surface area contributed by atoms with Crippen molar-refractivity contribution in [2.24, 2.45) is 0 Å². The second-order valence-corrected chi connectivity index (χ2v) is 2.83. The van der Waals surface area contributed by atoms with E-state index >= 15 is 0 Å². The molecule has 14 heavy (non-hydrogen) atoms. The molecule has 0 aliphatic heterocycles. The van der Waals surface area contributed by atoms with E-state index in [4.69, 9.17) is 28.3 Å². The first-order valence-corrected chi connectivity index (χ1v) is 4.60. The van der Waals surface area contributed by atoms with Crippen molar-refractivity contribution >= 4 is 28.9 Å². The van der Waals surface area contributed by atoms with Gasteiger partial charge in [0.2, 0.25) is 0 Å². The maximum Gasteiger partial charge on any atom is 0.272 e. The predicted octanol–water partition coefficient (Wildman–Crippen LogP) is 3.63. The zero-order valence-corrected chi connectivity index (χ0v) is 9.13. The Kier molecular flexibility index (Phi) is 5.27. The van der Waals surface area contributed by atoms with Gasteiger partial charge in [0.05, 0.1) is 15.0 Å². The third-order valence-corrected chi connectivity index (χ3v) is 1.79. The average Bonchev–Trinajstić information content (AvgIpc) is 2.16. The lowest BCUT2D eigenvalue weighted by atomic mass is 10.3. The number of non-ortho nitro benzene ring substituents is 1. The molecule has 0 saturated carbocycles. The van der Waals surface area contributed by atoms with Crippen LogP contribution in [0.1, 0.15) is 13.8 Å². The molecule has 0 atom stereocenters. The molecule has 0 amide bonds. The SMILES string of the molecule is CC.O=[N+]([O-])c1cc(Cl)c(O)c(Cl)c1. The minimum atomic E-state index is -0.642. The fraction of sp³-hybridized carbons (Fsp3) is 0.250. The Morgan fingerprint density at radius 2 is 1.64 bits per heavy atom. The highest BCUT2D eigenvalue weighted by atomic mass is 35.5. The van der Waals surface area contributed by atoms with Gasteiger partial charge in [0, 0.05) is 12.1 Å². The van der Waals surface area contributed by atoms with Crippen LogP contribution >= 0.6 is 23.2 Å². The van der Waals surface area contributed by atoms with Crippen LogP contribution in [0.15, 0.2) is 12.1 Å². The number of halogens is 2. The molecule has 0 aliphatic carbocycles. The highest BCUT2D eigenvalue weighted by molar-refractivity contribution is 6.37. The number of phenolic OH excluding ortho intramolecular Hbond substituents is 1. The Morgan fingerprint density at radius 1 is 1.29 bits per heavy atom. The Balaban J connectivity index is 0.000000791. The first-order chi connectivity index (χ1) is 6.52. The lowest BCUT2D eigenvalue weighted by Crippen LogP contribution is -1.87. The third kappa shape index (κ3) is 3.05. The Hall–Kier alpha value is -1.00. The lowest BCUT2D eigenvalue weighted by Gasteiger charge is -1.98. The molecule has 0 spiro atoms. The summed E-state index contributed by atoms with van der Waals surface area (Å²) in [6.45, 7) is 4.00. The van der Waals surface area contributed by atoms with E-state index in [1.807, 2.05) is 13.8 Å². The molecule has 0 saturated heterocycles. The van der Waals surface area contributed by atoms with Crippen LogP contribution in [0, 0.1) is 10.1 Å². The van der Waals surface area contributed by atoms with Crippen molar-refractivity contribution in [2.45, 2.75) is 13.8 Å². The summed E-state index contributed by atoms with van der Waals surface area (Å²) in [5.74, 6) is -0.344. The standard InChI is InChI=1S/C6H3Cl2NO3.C2H6/c7-4-1-3(9(11)12)2-5(8)6(4)10;1-2/h1-2,10H;1-2H3. The summed E-state index contributed by atoms with van der Waals surface area (Å²) in [5, 5.41) is 19.0. The van der Waals surface area contributed by atoms with Crippen molar-refractivity contribution in [2.75, 3.05) is 0 Å². The molecule has 4 nitrogen and oxygen atoms in total. The molecular weight excluding hydrogens is 229 g/mol. The zero-order chi connectivity index (χ0) is 11.3. The molecule has 1 N–H and O–H groups in total. The number of hydrogen-bond donors (Lipinski definition) is 1. The molecule has 0 aliphatic rings. The maximum absolute atomic E-state index is 10.2. The molecular formula is C8H9Cl2NO3. The minimum absolute atomic E-state index is 0.130. The number of nitrogens with zero attached hydrogens (tertiary/aromatic N) is 1. The van der Waals surface area contributed by atoms with Gasteiger partial charge < -0.3 is 5.11 Å². The second-order valence-electron chi connectivity index (χ2n) is 2.02. The molecule has 0 heterocycles. The van der Waals surface area contributed by atoms with Gasteiger partial charge in [-0.15, -0.1) is 0 Å². The average molecular weight is 238 g/mol. The van der Waals surface area contributed by atoms with E-state index in [1.54, 1.807) is 0 Å². The Labute approximate surface area is 91.2 Å². The van der Waals surface area contributed by atoms with E-state index in [0.717, 1.165) is 12.1 Å². The van der Waals surface area contributed by atoms with Gasteiger partial charge in [-0.2, -0.15) is 0 Å². The van der Waals surface area contributed by atoms with Gasteiger partial charge in [-0.05, 0) is 0 Å². The minimum Gasteiger partial charge on any atom is -0.505 e. The molecule has 0 bridgehead atoms. The smallest absolute Gasteiger partial charge is 0.272 e. The van der Waals surface area contributed by atoms with E-state index in [-0.39, 0.29) is 21.5 Å². The summed E-state index contributed by atoms with van der Waals surface area (Å²) in [5.41, 5.74) is -0.247. The fourth-order valence-corrected chi connectivity index (χ4v) is 1.13. The maximum atomic E-state index is 10.2. The summed E-state index contributed by atoms with van der Waals surface area (Å²) in [4.78, 5) is 9.58. The van der Waals surface area contributed by atoms with E-state index in [1.165, 1.54) is 0 Å². The van der Waals surface area contributed by atoms with Crippen molar-refractivity contribution in [1.82, 2.24) is 0 Å². The van der Waals surface area contributed by atoms with Crippen LogP contribution in [-0.4, -0.2) is 10.0 Å². The number of nitro groups is 1. The molecule has 0 unspecified atom stereocenters. The summed E-state index contributed by atoms with van der Waals surface area (Å²) >= 11 is 10.8. The lowest BCUT2D eigenvalue weighted by molar-refractivity contribution is -0.384. The van der Waals surface area contributed by atoms with E-state index in [0.29, 0.717) is 0 Å². The third-order valence-electron chi connectivity index (χ3n) is 1.21. The van der Waals surface area contributed by atoms with Crippen LogP contribution < -0.4 is 0 Å². The first kappa shape index (κ1) is 13.0. The Bertz CT molecular complexity index is 318. The monoisotopic (exact) mass is 237 g/mol. The van der Waals surface area contributed by atoms with Crippen LogP contribution in [0.2, 0.25) is 10.0 Å². The van der Waals surface area contributed by atoms with Gasteiger partial charge in [0.15, 0.2) is 5.75 Å². The van der Waals surface area contributed by atoms with Gasteiger partial charge in [-0.1, -0.05) is 37.0 Å². The predicted molar refractivity (Wildman–Crippen MR) is 56.1 cm³/mol. The van der Waals surface area contributed by atoms with Crippen molar-refractivity contribution in [3.8, 4) is 5.75 Å². The van der Waals surface area contributed by atoms with Crippen molar-refractivity contribution < 1.29 is 10.0 Å². The van der Waals surface area contributed by atoms with Crippen LogP contribution in [-0.2, 0) is 0 Å².